The molecule has 1 aliphatic carbocycles. The van der Waals surface area contributed by atoms with Gasteiger partial charge < -0.3 is 9.63 Å². The number of aliphatic hydroxyl groups excluding tert-OH is 1. The zero-order valence-electron chi connectivity index (χ0n) is 8.14. The first-order valence-corrected chi connectivity index (χ1v) is 6.83. The fraction of sp³-hybridized carbons (Fsp3) is 1.00. The summed E-state index contributed by atoms with van der Waals surface area (Å²) < 4.78 is 17.7. The molecule has 4 heteroatoms. The van der Waals surface area contributed by atoms with Crippen molar-refractivity contribution >= 4 is 7.37 Å². The Labute approximate surface area is 78.9 Å². The molecule has 0 aromatic carbocycles. The SMILES string of the molecule is CC(CO)OP1(=O)C[C@@H]2CC1[C@@H]2C. The van der Waals surface area contributed by atoms with Crippen molar-refractivity contribution in [1.82, 2.24) is 0 Å². The standard InChI is InChI=1S/C9H17O3P/c1-6(4-10)12-13(11)5-8-3-9(13)7(8)2/h6-10H,3-5H2,1-2H3/t6?,7-,8+,9?,13?/m1/s1. The maximum atomic E-state index is 12.2. The van der Waals surface area contributed by atoms with Crippen LogP contribution in [-0.4, -0.2) is 29.6 Å². The van der Waals surface area contributed by atoms with E-state index in [2.05, 4.69) is 6.92 Å². The Morgan fingerprint density at radius 2 is 2.38 bits per heavy atom. The van der Waals surface area contributed by atoms with Crippen molar-refractivity contribution in [2.75, 3.05) is 12.8 Å². The molecular weight excluding hydrogens is 187 g/mol. The van der Waals surface area contributed by atoms with Crippen LogP contribution in [0.25, 0.3) is 0 Å². The van der Waals surface area contributed by atoms with Gasteiger partial charge in [0.05, 0.1) is 12.7 Å². The van der Waals surface area contributed by atoms with Crippen LogP contribution in [0, 0.1) is 11.8 Å². The van der Waals surface area contributed by atoms with Crippen LogP contribution < -0.4 is 0 Å². The second-order valence-corrected chi connectivity index (χ2v) is 7.12. The van der Waals surface area contributed by atoms with Gasteiger partial charge in [-0.2, -0.15) is 0 Å². The quantitative estimate of drug-likeness (QED) is 0.712. The fourth-order valence-corrected chi connectivity index (χ4v) is 6.42. The number of hydrogen-bond donors (Lipinski definition) is 1. The molecule has 76 valence electrons. The van der Waals surface area contributed by atoms with Gasteiger partial charge in [0.25, 0.3) is 0 Å². The predicted molar refractivity (Wildman–Crippen MR) is 51.2 cm³/mol. The zero-order valence-corrected chi connectivity index (χ0v) is 9.04. The Hall–Kier alpha value is 0.150. The van der Waals surface area contributed by atoms with Gasteiger partial charge in [0, 0.05) is 11.8 Å². The second-order valence-electron chi connectivity index (χ2n) is 4.43. The summed E-state index contributed by atoms with van der Waals surface area (Å²) in [7, 11) is -2.38. The Kier molecular flexibility index (Phi) is 2.30. The molecule has 3 fully saturated rings. The molecule has 13 heavy (non-hydrogen) atoms. The van der Waals surface area contributed by atoms with Crippen molar-refractivity contribution in [3.05, 3.63) is 0 Å². The third-order valence-electron chi connectivity index (χ3n) is 3.50. The van der Waals surface area contributed by atoms with Crippen LogP contribution in [0.1, 0.15) is 20.3 Å². The van der Waals surface area contributed by atoms with Crippen molar-refractivity contribution in [3.8, 4) is 0 Å². The normalized spacial score (nSPS) is 50.2. The zero-order chi connectivity index (χ0) is 9.64. The van der Waals surface area contributed by atoms with E-state index in [-0.39, 0.29) is 12.7 Å². The van der Waals surface area contributed by atoms with Gasteiger partial charge in [-0.25, -0.2) is 0 Å². The van der Waals surface area contributed by atoms with Crippen LogP contribution >= 0.6 is 7.37 Å². The number of fused-ring (bicyclic) bond motifs is 1. The van der Waals surface area contributed by atoms with Crippen molar-refractivity contribution in [2.24, 2.45) is 11.8 Å². The first-order valence-electron chi connectivity index (χ1n) is 4.95. The highest BCUT2D eigenvalue weighted by atomic mass is 31.2. The number of rotatable bonds is 3. The van der Waals surface area contributed by atoms with E-state index in [1.807, 2.05) is 0 Å². The average Bonchev–Trinajstić information content (AvgIpc) is 2.54. The molecule has 3 aliphatic rings. The van der Waals surface area contributed by atoms with Gasteiger partial charge in [-0.15, -0.1) is 0 Å². The molecule has 2 bridgehead atoms. The van der Waals surface area contributed by atoms with E-state index in [1.165, 1.54) is 0 Å². The van der Waals surface area contributed by atoms with Gasteiger partial charge in [-0.1, -0.05) is 6.92 Å². The van der Waals surface area contributed by atoms with Crippen molar-refractivity contribution in [1.29, 1.82) is 0 Å². The lowest BCUT2D eigenvalue weighted by molar-refractivity contribution is 0.130. The lowest BCUT2D eigenvalue weighted by Crippen LogP contribution is -2.30. The number of hydrogen-bond acceptors (Lipinski definition) is 3. The average molecular weight is 204 g/mol. The summed E-state index contributed by atoms with van der Waals surface area (Å²) in [6.07, 6.45) is 1.57. The molecule has 0 aromatic rings. The smallest absolute Gasteiger partial charge is 0.207 e. The number of aliphatic hydroxyl groups is 1. The molecule has 2 heterocycles. The highest BCUT2D eigenvalue weighted by molar-refractivity contribution is 7.60. The minimum atomic E-state index is -2.38. The van der Waals surface area contributed by atoms with Crippen LogP contribution in [0.15, 0.2) is 0 Å². The molecule has 0 amide bonds. The topological polar surface area (TPSA) is 46.5 Å². The van der Waals surface area contributed by atoms with E-state index in [1.54, 1.807) is 6.92 Å². The minimum absolute atomic E-state index is 0.0320. The second kappa shape index (κ2) is 3.08. The third kappa shape index (κ3) is 1.38. The van der Waals surface area contributed by atoms with Crippen LogP contribution in [0.5, 0.6) is 0 Å². The molecule has 0 aromatic heterocycles. The van der Waals surface area contributed by atoms with Gasteiger partial charge in [0.1, 0.15) is 0 Å². The van der Waals surface area contributed by atoms with Gasteiger partial charge in [-0.3, -0.25) is 4.57 Å². The molecule has 1 N–H and O–H groups in total. The minimum Gasteiger partial charge on any atom is -0.394 e. The fourth-order valence-electron chi connectivity index (χ4n) is 2.54. The largest absolute Gasteiger partial charge is 0.394 e. The van der Waals surface area contributed by atoms with Crippen LogP contribution in [0.3, 0.4) is 0 Å². The molecule has 2 aliphatic heterocycles. The molecule has 3 unspecified atom stereocenters. The van der Waals surface area contributed by atoms with Gasteiger partial charge in [0.15, 0.2) is 0 Å². The molecule has 5 atom stereocenters. The monoisotopic (exact) mass is 204 g/mol. The molecule has 0 radical (unpaired) electrons. The first kappa shape index (κ1) is 9.70. The maximum Gasteiger partial charge on any atom is 0.207 e. The molecule has 2 saturated heterocycles. The maximum absolute atomic E-state index is 12.2. The molecule has 1 saturated carbocycles. The highest BCUT2D eigenvalue weighted by Crippen LogP contribution is 2.72. The predicted octanol–water partition coefficient (Wildman–Crippen LogP) is 1.70. The molecule has 3 rings (SSSR count). The van der Waals surface area contributed by atoms with Gasteiger partial charge in [-0.05, 0) is 25.2 Å². The van der Waals surface area contributed by atoms with E-state index in [0.29, 0.717) is 17.5 Å². The van der Waals surface area contributed by atoms with Gasteiger partial charge >= 0.3 is 0 Å². The Morgan fingerprint density at radius 1 is 1.69 bits per heavy atom. The van der Waals surface area contributed by atoms with Gasteiger partial charge in [0.2, 0.25) is 7.37 Å². The van der Waals surface area contributed by atoms with Crippen molar-refractivity contribution < 1.29 is 14.2 Å². The summed E-state index contributed by atoms with van der Waals surface area (Å²) in [6, 6.07) is 0. The van der Waals surface area contributed by atoms with Crippen LogP contribution in [-0.2, 0) is 9.09 Å². The van der Waals surface area contributed by atoms with Crippen molar-refractivity contribution in [2.45, 2.75) is 32.0 Å². The first-order chi connectivity index (χ1) is 6.07. The summed E-state index contributed by atoms with van der Waals surface area (Å²) in [5.41, 5.74) is 0.298. The molecular formula is C9H17O3P. The Bertz CT molecular complexity index is 253. The van der Waals surface area contributed by atoms with Crippen molar-refractivity contribution in [3.63, 3.8) is 0 Å². The summed E-state index contributed by atoms with van der Waals surface area (Å²) in [5.74, 6) is 1.21. The lowest BCUT2D eigenvalue weighted by Gasteiger charge is -2.32. The lowest BCUT2D eigenvalue weighted by atomic mass is 9.76. The Morgan fingerprint density at radius 3 is 2.77 bits per heavy atom. The van der Waals surface area contributed by atoms with E-state index in [0.717, 1.165) is 12.6 Å². The van der Waals surface area contributed by atoms with E-state index in [4.69, 9.17) is 9.63 Å². The summed E-state index contributed by atoms with van der Waals surface area (Å²) in [6.45, 7) is 3.90. The summed E-state index contributed by atoms with van der Waals surface area (Å²) >= 11 is 0. The highest BCUT2D eigenvalue weighted by Gasteiger charge is 2.58. The Balaban J connectivity index is 2.03. The third-order valence-corrected chi connectivity index (χ3v) is 6.89. The van der Waals surface area contributed by atoms with Crippen LogP contribution in [0.4, 0.5) is 0 Å². The van der Waals surface area contributed by atoms with Crippen LogP contribution in [0.2, 0.25) is 0 Å². The molecule has 0 spiro atoms. The summed E-state index contributed by atoms with van der Waals surface area (Å²) in [5, 5.41) is 8.83. The van der Waals surface area contributed by atoms with E-state index in [9.17, 15) is 4.57 Å². The van der Waals surface area contributed by atoms with E-state index >= 15 is 0 Å². The molecule has 3 nitrogen and oxygen atoms in total. The summed E-state index contributed by atoms with van der Waals surface area (Å²) in [4.78, 5) is 0. The van der Waals surface area contributed by atoms with E-state index < -0.39 is 7.37 Å².